The average molecular weight is 342 g/mol. The van der Waals surface area contributed by atoms with Gasteiger partial charge in [-0.25, -0.2) is 0 Å². The molecular weight excluding hydrogens is 320 g/mol. The standard InChI is InChI=1S/C12H22O11/c13-2-4-1-12(20,9(18)10(19)21-4)23-11-8(17)7(16)6(15)5(3-14)22-11/h4-11,13-20H,1-3H2/t4?,5?,6-,7?,8-,9?,10+,11-,12-/m0/s1. The number of hydrogen-bond donors (Lipinski definition) is 8. The highest BCUT2D eigenvalue weighted by Crippen LogP contribution is 2.33. The van der Waals surface area contributed by atoms with E-state index in [4.69, 9.17) is 24.4 Å². The molecule has 0 saturated carbocycles. The molecule has 11 nitrogen and oxygen atoms in total. The molecule has 136 valence electrons. The summed E-state index contributed by atoms with van der Waals surface area (Å²) in [4.78, 5) is 0. The van der Waals surface area contributed by atoms with Crippen LogP contribution in [0.15, 0.2) is 0 Å². The molecule has 2 rings (SSSR count). The predicted octanol–water partition coefficient (Wildman–Crippen LogP) is -5.05. The van der Waals surface area contributed by atoms with Crippen LogP contribution in [-0.2, 0) is 14.2 Å². The summed E-state index contributed by atoms with van der Waals surface area (Å²) in [6.45, 7) is -1.28. The van der Waals surface area contributed by atoms with E-state index in [9.17, 15) is 30.6 Å². The first-order chi connectivity index (χ1) is 10.7. The van der Waals surface area contributed by atoms with Crippen LogP contribution in [-0.4, -0.2) is 109 Å². The highest BCUT2D eigenvalue weighted by atomic mass is 16.8. The van der Waals surface area contributed by atoms with Gasteiger partial charge in [-0.3, -0.25) is 0 Å². The van der Waals surface area contributed by atoms with E-state index in [-0.39, 0.29) is 0 Å². The summed E-state index contributed by atoms with van der Waals surface area (Å²) < 4.78 is 15.0. The molecule has 9 atom stereocenters. The molecule has 0 radical (unpaired) electrons. The summed E-state index contributed by atoms with van der Waals surface area (Å²) in [6, 6.07) is 0. The van der Waals surface area contributed by atoms with Crippen LogP contribution in [0.4, 0.5) is 0 Å². The SMILES string of the molecule is OCC1C[C@](O)(O[C@@H]2OC(CO)[C@H](O)C(O)[C@@H]2O)C(O)[C@H](O)O1. The van der Waals surface area contributed by atoms with Crippen LogP contribution in [0.2, 0.25) is 0 Å². The van der Waals surface area contributed by atoms with E-state index < -0.39 is 74.6 Å². The van der Waals surface area contributed by atoms with Gasteiger partial charge in [0.15, 0.2) is 18.7 Å². The van der Waals surface area contributed by atoms with Gasteiger partial charge < -0.3 is 55.1 Å². The fourth-order valence-corrected chi connectivity index (χ4v) is 2.58. The summed E-state index contributed by atoms with van der Waals surface area (Å²) >= 11 is 0. The van der Waals surface area contributed by atoms with E-state index in [1.807, 2.05) is 0 Å². The number of aliphatic hydroxyl groups is 8. The van der Waals surface area contributed by atoms with Crippen LogP contribution in [0.3, 0.4) is 0 Å². The predicted molar refractivity (Wildman–Crippen MR) is 68.4 cm³/mol. The third-order valence-corrected chi connectivity index (χ3v) is 3.96. The molecule has 11 heteroatoms. The highest BCUT2D eigenvalue weighted by molar-refractivity contribution is 4.93. The second-order valence-electron chi connectivity index (χ2n) is 5.64. The van der Waals surface area contributed by atoms with Gasteiger partial charge in [-0.15, -0.1) is 0 Å². The maximum Gasteiger partial charge on any atom is 0.202 e. The Bertz CT molecular complexity index is 393. The van der Waals surface area contributed by atoms with Crippen molar-refractivity contribution in [3.05, 3.63) is 0 Å². The van der Waals surface area contributed by atoms with Crippen molar-refractivity contribution >= 4 is 0 Å². The Morgan fingerprint density at radius 3 is 2.13 bits per heavy atom. The molecule has 2 saturated heterocycles. The van der Waals surface area contributed by atoms with Crippen LogP contribution in [0.25, 0.3) is 0 Å². The number of rotatable bonds is 4. The van der Waals surface area contributed by atoms with Crippen molar-refractivity contribution in [3.63, 3.8) is 0 Å². The summed E-state index contributed by atoms with van der Waals surface area (Å²) in [7, 11) is 0. The van der Waals surface area contributed by atoms with Gasteiger partial charge in [0.1, 0.15) is 24.4 Å². The van der Waals surface area contributed by atoms with Gasteiger partial charge in [0.2, 0.25) is 5.79 Å². The monoisotopic (exact) mass is 342 g/mol. The van der Waals surface area contributed by atoms with Crippen molar-refractivity contribution in [1.82, 2.24) is 0 Å². The molecule has 0 amide bonds. The van der Waals surface area contributed by atoms with Crippen molar-refractivity contribution in [1.29, 1.82) is 0 Å². The third-order valence-electron chi connectivity index (χ3n) is 3.96. The normalized spacial score (nSPS) is 51.7. The van der Waals surface area contributed by atoms with E-state index in [1.54, 1.807) is 0 Å². The maximum atomic E-state index is 10.4. The lowest BCUT2D eigenvalue weighted by Crippen LogP contribution is -2.65. The van der Waals surface area contributed by atoms with E-state index in [0.717, 1.165) is 0 Å². The Kier molecular flexibility index (Phi) is 5.92. The first-order valence-corrected chi connectivity index (χ1v) is 7.06. The molecule has 23 heavy (non-hydrogen) atoms. The molecule has 0 spiro atoms. The van der Waals surface area contributed by atoms with Gasteiger partial charge in [0.25, 0.3) is 0 Å². The van der Waals surface area contributed by atoms with Crippen molar-refractivity contribution < 1.29 is 55.1 Å². The second kappa shape index (κ2) is 7.21. The quantitative estimate of drug-likeness (QED) is 0.228. The molecular formula is C12H22O11. The Morgan fingerprint density at radius 2 is 1.57 bits per heavy atom. The van der Waals surface area contributed by atoms with Gasteiger partial charge in [0, 0.05) is 6.42 Å². The minimum atomic E-state index is -2.46. The zero-order valence-corrected chi connectivity index (χ0v) is 12.0. The minimum absolute atomic E-state index is 0.462. The lowest BCUT2D eigenvalue weighted by Gasteiger charge is -2.47. The van der Waals surface area contributed by atoms with E-state index in [1.165, 1.54) is 0 Å². The Hall–Kier alpha value is -0.440. The molecule has 0 aromatic rings. The molecule has 0 aromatic heterocycles. The molecule has 2 aliphatic heterocycles. The first kappa shape index (κ1) is 18.9. The maximum absolute atomic E-state index is 10.4. The van der Waals surface area contributed by atoms with Crippen molar-refractivity contribution in [3.8, 4) is 0 Å². The zero-order chi connectivity index (χ0) is 17.4. The molecule has 0 bridgehead atoms. The molecule has 8 N–H and O–H groups in total. The van der Waals surface area contributed by atoms with E-state index in [0.29, 0.717) is 0 Å². The molecule has 4 unspecified atom stereocenters. The fourth-order valence-electron chi connectivity index (χ4n) is 2.58. The van der Waals surface area contributed by atoms with Crippen LogP contribution in [0.5, 0.6) is 0 Å². The average Bonchev–Trinajstić information content (AvgIpc) is 2.52. The number of hydrogen-bond acceptors (Lipinski definition) is 11. The second-order valence-corrected chi connectivity index (χ2v) is 5.64. The van der Waals surface area contributed by atoms with Crippen LogP contribution < -0.4 is 0 Å². The van der Waals surface area contributed by atoms with E-state index >= 15 is 0 Å². The van der Waals surface area contributed by atoms with Crippen LogP contribution in [0.1, 0.15) is 6.42 Å². The summed E-state index contributed by atoms with van der Waals surface area (Å²) in [5.74, 6) is -2.46. The molecule has 2 heterocycles. The Morgan fingerprint density at radius 1 is 0.913 bits per heavy atom. The summed E-state index contributed by atoms with van der Waals surface area (Å²) in [5.41, 5.74) is 0. The van der Waals surface area contributed by atoms with Gasteiger partial charge in [-0.05, 0) is 0 Å². The van der Waals surface area contributed by atoms with Crippen LogP contribution in [0, 0.1) is 0 Å². The molecule has 0 aromatic carbocycles. The topological polar surface area (TPSA) is 190 Å². The largest absolute Gasteiger partial charge is 0.394 e. The van der Waals surface area contributed by atoms with Gasteiger partial charge in [0.05, 0.1) is 19.3 Å². The third kappa shape index (κ3) is 3.65. The fraction of sp³-hybridized carbons (Fsp3) is 1.00. The Balaban J connectivity index is 2.14. The first-order valence-electron chi connectivity index (χ1n) is 7.06. The zero-order valence-electron chi connectivity index (χ0n) is 12.0. The number of aliphatic hydroxyl groups excluding tert-OH is 7. The van der Waals surface area contributed by atoms with E-state index in [2.05, 4.69) is 0 Å². The Labute approximate surface area is 130 Å². The van der Waals surface area contributed by atoms with Gasteiger partial charge >= 0.3 is 0 Å². The highest BCUT2D eigenvalue weighted by Gasteiger charge is 2.53. The minimum Gasteiger partial charge on any atom is -0.394 e. The lowest BCUT2D eigenvalue weighted by atomic mass is 9.96. The lowest BCUT2D eigenvalue weighted by molar-refractivity contribution is -0.415. The van der Waals surface area contributed by atoms with Gasteiger partial charge in [-0.2, -0.15) is 0 Å². The molecule has 2 aliphatic rings. The van der Waals surface area contributed by atoms with Gasteiger partial charge in [-0.1, -0.05) is 0 Å². The van der Waals surface area contributed by atoms with Crippen LogP contribution >= 0.6 is 0 Å². The van der Waals surface area contributed by atoms with Crippen molar-refractivity contribution in [2.24, 2.45) is 0 Å². The molecule has 0 aliphatic carbocycles. The summed E-state index contributed by atoms with van der Waals surface area (Å²) in [6.07, 6.45) is -13.4. The van der Waals surface area contributed by atoms with Crippen molar-refractivity contribution in [2.45, 2.75) is 61.4 Å². The number of ether oxygens (including phenoxy) is 3. The molecule has 2 fully saturated rings. The smallest absolute Gasteiger partial charge is 0.202 e. The summed E-state index contributed by atoms with van der Waals surface area (Å²) in [5, 5.41) is 77.1. The van der Waals surface area contributed by atoms with Crippen molar-refractivity contribution in [2.75, 3.05) is 13.2 Å².